The van der Waals surface area contributed by atoms with Gasteiger partial charge in [-0.3, -0.25) is 14.5 Å². The van der Waals surface area contributed by atoms with Gasteiger partial charge in [0.25, 0.3) is 0 Å². The topological polar surface area (TPSA) is 37.4 Å². The summed E-state index contributed by atoms with van der Waals surface area (Å²) in [6.07, 6.45) is 5.30. The number of likely N-dealkylation sites (tertiary alicyclic amines) is 1. The van der Waals surface area contributed by atoms with Crippen LogP contribution in [0.5, 0.6) is 0 Å². The van der Waals surface area contributed by atoms with E-state index in [1.54, 1.807) is 13.8 Å². The lowest BCUT2D eigenvalue weighted by Crippen LogP contribution is -2.33. The van der Waals surface area contributed by atoms with Crippen LogP contribution in [0.3, 0.4) is 0 Å². The van der Waals surface area contributed by atoms with Gasteiger partial charge >= 0.3 is 0 Å². The number of amides is 2. The maximum absolute atomic E-state index is 11.4. The Balaban J connectivity index is 2.87. The molecular weight excluding hydrogens is 154 g/mol. The van der Waals surface area contributed by atoms with Gasteiger partial charge in [0.05, 0.1) is 12.0 Å². The molecule has 1 rings (SSSR count). The largest absolute Gasteiger partial charge is 0.274 e. The zero-order valence-electron chi connectivity index (χ0n) is 7.26. The molecule has 0 aromatic carbocycles. The van der Waals surface area contributed by atoms with E-state index in [0.29, 0.717) is 0 Å². The Labute approximate surface area is 71.7 Å². The van der Waals surface area contributed by atoms with Crippen molar-refractivity contribution in [2.75, 3.05) is 6.54 Å². The minimum absolute atomic E-state index is 0.0983. The molecule has 0 aromatic heterocycles. The van der Waals surface area contributed by atoms with Gasteiger partial charge in [0.2, 0.25) is 11.8 Å². The highest BCUT2D eigenvalue weighted by Crippen LogP contribution is 2.30. The second kappa shape index (κ2) is 2.63. The molecular formula is C9H11NO2. The zero-order valence-corrected chi connectivity index (χ0v) is 7.26. The van der Waals surface area contributed by atoms with E-state index in [4.69, 9.17) is 6.42 Å². The Bertz CT molecular complexity index is 273. The molecule has 1 aliphatic heterocycles. The fraction of sp³-hybridized carbons (Fsp3) is 0.556. The summed E-state index contributed by atoms with van der Waals surface area (Å²) in [6.45, 7) is 3.61. The zero-order chi connectivity index (χ0) is 9.35. The minimum Gasteiger partial charge on any atom is -0.274 e. The fourth-order valence-electron chi connectivity index (χ4n) is 1.28. The van der Waals surface area contributed by atoms with Gasteiger partial charge in [0.15, 0.2) is 0 Å². The smallest absolute Gasteiger partial charge is 0.236 e. The highest BCUT2D eigenvalue weighted by atomic mass is 16.2. The van der Waals surface area contributed by atoms with Crippen LogP contribution in [0.25, 0.3) is 0 Å². The third kappa shape index (κ3) is 1.20. The van der Waals surface area contributed by atoms with Crippen LogP contribution in [-0.2, 0) is 9.59 Å². The minimum atomic E-state index is -0.562. The van der Waals surface area contributed by atoms with Crippen molar-refractivity contribution in [1.29, 1.82) is 0 Å². The first-order valence-corrected chi connectivity index (χ1v) is 3.77. The first-order chi connectivity index (χ1) is 5.49. The molecule has 3 heteroatoms. The average Bonchev–Trinajstić information content (AvgIpc) is 2.13. The first-order valence-electron chi connectivity index (χ1n) is 3.77. The molecule has 0 spiro atoms. The summed E-state index contributed by atoms with van der Waals surface area (Å²) < 4.78 is 0. The Morgan fingerprint density at radius 2 is 2.17 bits per heavy atom. The number of rotatable bonds is 1. The predicted octanol–water partition coefficient (Wildman–Crippen LogP) is 0.405. The van der Waals surface area contributed by atoms with Crippen molar-refractivity contribution in [1.82, 2.24) is 4.90 Å². The molecule has 1 aliphatic rings. The molecule has 0 unspecified atom stereocenters. The van der Waals surface area contributed by atoms with Crippen LogP contribution in [0.2, 0.25) is 0 Å². The average molecular weight is 165 g/mol. The van der Waals surface area contributed by atoms with Crippen LogP contribution in [0.4, 0.5) is 0 Å². The van der Waals surface area contributed by atoms with Gasteiger partial charge in [-0.15, -0.1) is 6.42 Å². The van der Waals surface area contributed by atoms with E-state index < -0.39 is 5.41 Å². The first kappa shape index (κ1) is 8.79. The van der Waals surface area contributed by atoms with Gasteiger partial charge in [-0.1, -0.05) is 19.8 Å². The van der Waals surface area contributed by atoms with Crippen molar-refractivity contribution in [3.05, 3.63) is 0 Å². The van der Waals surface area contributed by atoms with Gasteiger partial charge in [-0.2, -0.15) is 0 Å². The molecule has 0 aliphatic carbocycles. The van der Waals surface area contributed by atoms with Gasteiger partial charge in [-0.05, 0) is 0 Å². The Morgan fingerprint density at radius 1 is 1.58 bits per heavy atom. The lowest BCUT2D eigenvalue weighted by Gasteiger charge is -2.14. The highest BCUT2D eigenvalue weighted by Gasteiger charge is 2.44. The van der Waals surface area contributed by atoms with E-state index in [0.717, 1.165) is 4.90 Å². The number of carbonyl (C=O) groups is 2. The van der Waals surface area contributed by atoms with Crippen molar-refractivity contribution in [2.45, 2.75) is 20.3 Å². The molecule has 1 saturated heterocycles. The standard InChI is InChI=1S/C9H11NO2/c1-4-5-10-7(11)6-9(2,3)8(10)12/h1H,5-6H2,2-3H3. The van der Waals surface area contributed by atoms with Crippen molar-refractivity contribution >= 4 is 11.8 Å². The fourth-order valence-corrected chi connectivity index (χ4v) is 1.28. The molecule has 64 valence electrons. The number of carbonyl (C=O) groups excluding carboxylic acids is 2. The number of hydrogen-bond donors (Lipinski definition) is 0. The molecule has 0 saturated carbocycles. The quantitative estimate of drug-likeness (QED) is 0.416. The van der Waals surface area contributed by atoms with E-state index in [1.165, 1.54) is 0 Å². The number of terminal acetylenes is 1. The monoisotopic (exact) mass is 165 g/mol. The highest BCUT2D eigenvalue weighted by molar-refractivity contribution is 6.05. The molecule has 0 N–H and O–H groups in total. The molecule has 12 heavy (non-hydrogen) atoms. The number of hydrogen-bond acceptors (Lipinski definition) is 2. The van der Waals surface area contributed by atoms with Crippen LogP contribution in [-0.4, -0.2) is 23.3 Å². The summed E-state index contributed by atoms with van der Waals surface area (Å²) in [7, 11) is 0. The van der Waals surface area contributed by atoms with Gasteiger partial charge in [-0.25, -0.2) is 0 Å². The van der Waals surface area contributed by atoms with Gasteiger partial charge in [0, 0.05) is 6.42 Å². The second-order valence-electron chi connectivity index (χ2n) is 3.55. The number of nitrogens with zero attached hydrogens (tertiary/aromatic N) is 1. The third-order valence-electron chi connectivity index (χ3n) is 1.97. The molecule has 1 fully saturated rings. The Morgan fingerprint density at radius 3 is 2.50 bits per heavy atom. The summed E-state index contributed by atoms with van der Waals surface area (Å²) in [6, 6.07) is 0. The van der Waals surface area contributed by atoms with E-state index in [-0.39, 0.29) is 24.8 Å². The van der Waals surface area contributed by atoms with Crippen molar-refractivity contribution in [2.24, 2.45) is 5.41 Å². The molecule has 0 bridgehead atoms. The lowest BCUT2D eigenvalue weighted by atomic mass is 9.92. The maximum Gasteiger partial charge on any atom is 0.236 e. The Hall–Kier alpha value is -1.30. The molecule has 2 amide bonds. The predicted molar refractivity (Wildman–Crippen MR) is 44.0 cm³/mol. The lowest BCUT2D eigenvalue weighted by molar-refractivity contribution is -0.139. The van der Waals surface area contributed by atoms with Crippen LogP contribution in [0, 0.1) is 17.8 Å². The summed E-state index contributed by atoms with van der Waals surface area (Å²) in [5.74, 6) is 1.97. The third-order valence-corrected chi connectivity index (χ3v) is 1.97. The van der Waals surface area contributed by atoms with Crippen molar-refractivity contribution in [3.8, 4) is 12.3 Å². The van der Waals surface area contributed by atoms with Crippen LogP contribution >= 0.6 is 0 Å². The van der Waals surface area contributed by atoms with Gasteiger partial charge in [0.1, 0.15) is 0 Å². The molecule has 0 aromatic rings. The van der Waals surface area contributed by atoms with Crippen LogP contribution in [0.1, 0.15) is 20.3 Å². The van der Waals surface area contributed by atoms with E-state index >= 15 is 0 Å². The second-order valence-corrected chi connectivity index (χ2v) is 3.55. The van der Waals surface area contributed by atoms with Crippen LogP contribution in [0.15, 0.2) is 0 Å². The molecule has 1 heterocycles. The van der Waals surface area contributed by atoms with Crippen molar-refractivity contribution < 1.29 is 9.59 Å². The summed E-state index contributed by atoms with van der Waals surface area (Å²) >= 11 is 0. The SMILES string of the molecule is C#CCN1C(=O)CC(C)(C)C1=O. The molecule has 0 atom stereocenters. The van der Waals surface area contributed by atoms with Gasteiger partial charge < -0.3 is 0 Å². The summed E-state index contributed by atoms with van der Waals surface area (Å²) in [4.78, 5) is 23.8. The van der Waals surface area contributed by atoms with E-state index in [9.17, 15) is 9.59 Å². The Kier molecular flexibility index (Phi) is 1.93. The molecule has 3 nitrogen and oxygen atoms in total. The summed E-state index contributed by atoms with van der Waals surface area (Å²) in [5.41, 5.74) is -0.562. The van der Waals surface area contributed by atoms with E-state index in [2.05, 4.69) is 5.92 Å². The van der Waals surface area contributed by atoms with Crippen LogP contribution < -0.4 is 0 Å². The van der Waals surface area contributed by atoms with E-state index in [1.807, 2.05) is 0 Å². The van der Waals surface area contributed by atoms with Crippen molar-refractivity contribution in [3.63, 3.8) is 0 Å². The maximum atomic E-state index is 11.4. The molecule has 0 radical (unpaired) electrons. The normalized spacial score (nSPS) is 21.2. The number of imide groups is 1. The summed E-state index contributed by atoms with van der Waals surface area (Å²) in [5, 5.41) is 0.